The van der Waals surface area contributed by atoms with E-state index in [2.05, 4.69) is 26.2 Å². The number of rotatable bonds is 1. The van der Waals surface area contributed by atoms with E-state index in [1.807, 2.05) is 6.92 Å². The maximum Gasteiger partial charge on any atom is 0.419 e. The standard InChI is InChI=1S/C11H13BrF3N3/c1-7-6-18(3-2-16-7)10-9(11(13,14)15)4-8(12)5-17-10/h4-5,7,16H,2-3,6H2,1H3/t7-/m0/s1. The molecule has 0 unspecified atom stereocenters. The number of nitrogens with zero attached hydrogens (tertiary/aromatic N) is 2. The summed E-state index contributed by atoms with van der Waals surface area (Å²) in [5.41, 5.74) is -0.689. The predicted molar refractivity (Wildman–Crippen MR) is 66.6 cm³/mol. The largest absolute Gasteiger partial charge is 0.419 e. The molecule has 0 aliphatic carbocycles. The van der Waals surface area contributed by atoms with Crippen molar-refractivity contribution in [1.29, 1.82) is 0 Å². The highest BCUT2D eigenvalue weighted by molar-refractivity contribution is 9.10. The van der Waals surface area contributed by atoms with Gasteiger partial charge in [0.05, 0.1) is 5.56 Å². The monoisotopic (exact) mass is 323 g/mol. The van der Waals surface area contributed by atoms with Gasteiger partial charge in [-0.3, -0.25) is 0 Å². The lowest BCUT2D eigenvalue weighted by molar-refractivity contribution is -0.137. The molecule has 0 aromatic carbocycles. The van der Waals surface area contributed by atoms with Gasteiger partial charge in [-0.15, -0.1) is 0 Å². The summed E-state index contributed by atoms with van der Waals surface area (Å²) in [6.45, 7) is 3.66. The molecule has 1 aromatic rings. The first-order valence-electron chi connectivity index (χ1n) is 5.59. The van der Waals surface area contributed by atoms with Crippen LogP contribution < -0.4 is 10.2 Å². The molecule has 0 bridgehead atoms. The summed E-state index contributed by atoms with van der Waals surface area (Å²) in [4.78, 5) is 5.61. The lowest BCUT2D eigenvalue weighted by Crippen LogP contribution is -2.50. The maximum absolute atomic E-state index is 13.0. The van der Waals surface area contributed by atoms with Gasteiger partial charge in [-0.25, -0.2) is 4.98 Å². The highest BCUT2D eigenvalue weighted by Gasteiger charge is 2.36. The van der Waals surface area contributed by atoms with E-state index in [1.165, 1.54) is 6.20 Å². The number of piperazine rings is 1. The third-order valence-electron chi connectivity index (χ3n) is 2.81. The van der Waals surface area contributed by atoms with Gasteiger partial charge in [-0.05, 0) is 28.9 Å². The SMILES string of the molecule is C[C@H]1CN(c2ncc(Br)cc2C(F)(F)F)CCN1. The lowest BCUT2D eigenvalue weighted by atomic mass is 10.2. The molecule has 1 N–H and O–H groups in total. The Morgan fingerprint density at radius 3 is 2.83 bits per heavy atom. The molecule has 2 heterocycles. The van der Waals surface area contributed by atoms with Crippen LogP contribution in [0.5, 0.6) is 0 Å². The van der Waals surface area contributed by atoms with Crippen molar-refractivity contribution in [2.45, 2.75) is 19.1 Å². The second-order valence-electron chi connectivity index (χ2n) is 4.32. The number of hydrogen-bond acceptors (Lipinski definition) is 3. The quantitative estimate of drug-likeness (QED) is 0.861. The minimum Gasteiger partial charge on any atom is -0.353 e. The molecule has 0 spiro atoms. The van der Waals surface area contributed by atoms with Gasteiger partial charge < -0.3 is 10.2 Å². The molecular formula is C11H13BrF3N3. The van der Waals surface area contributed by atoms with Crippen LogP contribution in [0.1, 0.15) is 12.5 Å². The first-order valence-corrected chi connectivity index (χ1v) is 6.38. The van der Waals surface area contributed by atoms with E-state index < -0.39 is 11.7 Å². The van der Waals surface area contributed by atoms with Crippen LogP contribution in [-0.4, -0.2) is 30.7 Å². The van der Waals surface area contributed by atoms with Crippen molar-refractivity contribution in [2.75, 3.05) is 24.5 Å². The Bertz CT molecular complexity index is 436. The van der Waals surface area contributed by atoms with Crippen molar-refractivity contribution >= 4 is 21.7 Å². The first-order chi connectivity index (χ1) is 8.38. The summed E-state index contributed by atoms with van der Waals surface area (Å²) in [5.74, 6) is 0.0130. The molecule has 7 heteroatoms. The fourth-order valence-electron chi connectivity index (χ4n) is 2.02. The van der Waals surface area contributed by atoms with Crippen LogP contribution in [-0.2, 0) is 6.18 Å². The number of anilines is 1. The van der Waals surface area contributed by atoms with Crippen molar-refractivity contribution in [3.63, 3.8) is 0 Å². The summed E-state index contributed by atoms with van der Waals surface area (Å²) in [6, 6.07) is 1.24. The Morgan fingerprint density at radius 1 is 1.50 bits per heavy atom. The Labute approximate surface area is 112 Å². The molecule has 18 heavy (non-hydrogen) atoms. The van der Waals surface area contributed by atoms with E-state index >= 15 is 0 Å². The molecule has 1 aliphatic rings. The molecule has 1 aliphatic heterocycles. The van der Waals surface area contributed by atoms with Gasteiger partial charge in [0.15, 0.2) is 0 Å². The second kappa shape index (κ2) is 5.05. The number of hydrogen-bond donors (Lipinski definition) is 1. The third-order valence-corrected chi connectivity index (χ3v) is 3.24. The fourth-order valence-corrected chi connectivity index (χ4v) is 2.35. The van der Waals surface area contributed by atoms with Gasteiger partial charge >= 0.3 is 6.18 Å². The predicted octanol–water partition coefficient (Wildman–Crippen LogP) is 2.66. The zero-order valence-corrected chi connectivity index (χ0v) is 11.3. The summed E-state index contributed by atoms with van der Waals surface area (Å²) in [7, 11) is 0. The van der Waals surface area contributed by atoms with Gasteiger partial charge in [0.1, 0.15) is 5.82 Å². The average molecular weight is 324 g/mol. The highest BCUT2D eigenvalue weighted by Crippen LogP contribution is 2.37. The topological polar surface area (TPSA) is 28.2 Å². The van der Waals surface area contributed by atoms with E-state index in [0.29, 0.717) is 24.1 Å². The normalized spacial score (nSPS) is 21.2. The fraction of sp³-hybridized carbons (Fsp3) is 0.545. The molecule has 1 saturated heterocycles. The number of aromatic nitrogens is 1. The summed E-state index contributed by atoms with van der Waals surface area (Å²) < 4.78 is 39.3. The van der Waals surface area contributed by atoms with Crippen LogP contribution in [0.2, 0.25) is 0 Å². The molecule has 0 amide bonds. The van der Waals surface area contributed by atoms with Crippen molar-refractivity contribution in [3.05, 3.63) is 22.3 Å². The molecule has 0 saturated carbocycles. The van der Waals surface area contributed by atoms with E-state index in [1.54, 1.807) is 4.90 Å². The van der Waals surface area contributed by atoms with Crippen LogP contribution in [0.15, 0.2) is 16.7 Å². The second-order valence-corrected chi connectivity index (χ2v) is 5.24. The smallest absolute Gasteiger partial charge is 0.353 e. The van der Waals surface area contributed by atoms with Crippen LogP contribution in [0.25, 0.3) is 0 Å². The molecule has 3 nitrogen and oxygen atoms in total. The van der Waals surface area contributed by atoms with E-state index in [4.69, 9.17) is 0 Å². The molecule has 0 radical (unpaired) electrons. The Balaban J connectivity index is 2.37. The first kappa shape index (κ1) is 13.6. The average Bonchev–Trinajstić information content (AvgIpc) is 2.27. The third kappa shape index (κ3) is 2.95. The zero-order chi connectivity index (χ0) is 13.3. The number of alkyl halides is 3. The van der Waals surface area contributed by atoms with Gasteiger partial charge in [-0.1, -0.05) is 0 Å². The van der Waals surface area contributed by atoms with Crippen LogP contribution >= 0.6 is 15.9 Å². The van der Waals surface area contributed by atoms with Crippen LogP contribution in [0.4, 0.5) is 19.0 Å². The Kier molecular flexibility index (Phi) is 3.82. The van der Waals surface area contributed by atoms with Gasteiger partial charge in [0.25, 0.3) is 0 Å². The summed E-state index contributed by atoms with van der Waals surface area (Å²) in [6.07, 6.45) is -2.99. The molecule has 2 rings (SSSR count). The Hall–Kier alpha value is -0.820. The van der Waals surface area contributed by atoms with E-state index in [0.717, 1.165) is 6.07 Å². The van der Waals surface area contributed by atoms with Crippen molar-refractivity contribution in [2.24, 2.45) is 0 Å². The minimum absolute atomic E-state index is 0.0130. The van der Waals surface area contributed by atoms with Crippen molar-refractivity contribution in [1.82, 2.24) is 10.3 Å². The van der Waals surface area contributed by atoms with Crippen molar-refractivity contribution < 1.29 is 13.2 Å². The number of pyridine rings is 1. The number of halogens is 4. The number of nitrogens with one attached hydrogen (secondary N) is 1. The van der Waals surface area contributed by atoms with Gasteiger partial charge in [0.2, 0.25) is 0 Å². The maximum atomic E-state index is 13.0. The van der Waals surface area contributed by atoms with E-state index in [9.17, 15) is 13.2 Å². The molecule has 1 fully saturated rings. The lowest BCUT2D eigenvalue weighted by Gasteiger charge is -2.34. The highest BCUT2D eigenvalue weighted by atomic mass is 79.9. The van der Waals surface area contributed by atoms with Crippen molar-refractivity contribution in [3.8, 4) is 0 Å². The Morgan fingerprint density at radius 2 is 2.22 bits per heavy atom. The molecule has 1 atom stereocenters. The minimum atomic E-state index is -4.39. The molecule has 1 aromatic heterocycles. The van der Waals surface area contributed by atoms with Crippen LogP contribution in [0, 0.1) is 0 Å². The van der Waals surface area contributed by atoms with Gasteiger partial charge in [0, 0.05) is 36.3 Å². The summed E-state index contributed by atoms with van der Waals surface area (Å²) >= 11 is 3.03. The summed E-state index contributed by atoms with van der Waals surface area (Å²) in [5, 5.41) is 3.19. The van der Waals surface area contributed by atoms with Gasteiger partial charge in [-0.2, -0.15) is 13.2 Å². The molecular weight excluding hydrogens is 311 g/mol. The van der Waals surface area contributed by atoms with Crippen LogP contribution in [0.3, 0.4) is 0 Å². The molecule has 100 valence electrons. The van der Waals surface area contributed by atoms with E-state index in [-0.39, 0.29) is 11.9 Å². The zero-order valence-electron chi connectivity index (χ0n) is 9.76.